The lowest BCUT2D eigenvalue weighted by molar-refractivity contribution is -0.0171. The van der Waals surface area contributed by atoms with Crippen molar-refractivity contribution in [3.63, 3.8) is 0 Å². The van der Waals surface area contributed by atoms with Crippen molar-refractivity contribution < 1.29 is 5.11 Å². The molecule has 0 saturated carbocycles. The summed E-state index contributed by atoms with van der Waals surface area (Å²) in [5, 5.41) is 17.4. The summed E-state index contributed by atoms with van der Waals surface area (Å²) in [4.78, 5) is 2.07. The molecule has 3 rings (SSSR count). The van der Waals surface area contributed by atoms with Crippen molar-refractivity contribution in [1.82, 2.24) is 15.1 Å². The van der Waals surface area contributed by atoms with Crippen LogP contribution in [0.4, 0.5) is 0 Å². The third kappa shape index (κ3) is 1.94. The Bertz CT molecular complexity index is 502. The number of nitrogens with zero attached hydrogens (tertiary/aromatic N) is 2. The van der Waals surface area contributed by atoms with Gasteiger partial charge in [-0.3, -0.25) is 10.00 Å². The van der Waals surface area contributed by atoms with E-state index in [0.717, 1.165) is 18.8 Å². The highest BCUT2D eigenvalue weighted by atomic mass is 16.3. The van der Waals surface area contributed by atoms with E-state index in [0.29, 0.717) is 0 Å². The van der Waals surface area contributed by atoms with E-state index in [1.54, 1.807) is 0 Å². The number of rotatable bonds is 3. The van der Waals surface area contributed by atoms with Gasteiger partial charge in [0.25, 0.3) is 0 Å². The van der Waals surface area contributed by atoms with Gasteiger partial charge in [-0.2, -0.15) is 5.10 Å². The topological polar surface area (TPSA) is 52.1 Å². The molecule has 2 N–H and O–H groups in total. The average molecular weight is 243 g/mol. The molecule has 1 aliphatic rings. The van der Waals surface area contributed by atoms with Gasteiger partial charge >= 0.3 is 0 Å². The van der Waals surface area contributed by atoms with E-state index >= 15 is 0 Å². The molecule has 0 aliphatic carbocycles. The number of aliphatic hydroxyl groups excluding tert-OH is 1. The monoisotopic (exact) mass is 243 g/mol. The van der Waals surface area contributed by atoms with Crippen LogP contribution in [0.3, 0.4) is 0 Å². The smallest absolute Gasteiger partial charge is 0.114 e. The van der Waals surface area contributed by atoms with Gasteiger partial charge in [0.1, 0.15) is 6.23 Å². The fourth-order valence-electron chi connectivity index (χ4n) is 2.52. The highest BCUT2D eigenvalue weighted by Gasteiger charge is 2.29. The number of hydrogen-bond donors (Lipinski definition) is 2. The van der Waals surface area contributed by atoms with Gasteiger partial charge < -0.3 is 5.11 Å². The van der Waals surface area contributed by atoms with E-state index in [9.17, 15) is 5.11 Å². The molecule has 0 radical (unpaired) electrons. The minimum absolute atomic E-state index is 0.100. The zero-order valence-corrected chi connectivity index (χ0v) is 10.4. The molecule has 0 saturated heterocycles. The van der Waals surface area contributed by atoms with Crippen LogP contribution in [-0.2, 0) is 13.1 Å². The van der Waals surface area contributed by atoms with E-state index in [1.807, 2.05) is 24.4 Å². The number of benzene rings is 1. The summed E-state index contributed by atoms with van der Waals surface area (Å²) in [6.45, 7) is 3.57. The Morgan fingerprint density at radius 3 is 2.78 bits per heavy atom. The minimum Gasteiger partial charge on any atom is -0.378 e. The molecule has 4 heteroatoms. The van der Waals surface area contributed by atoms with Gasteiger partial charge in [0.15, 0.2) is 0 Å². The number of fused-ring (bicyclic) bond motifs is 1. The van der Waals surface area contributed by atoms with Crippen molar-refractivity contribution in [1.29, 1.82) is 0 Å². The summed E-state index contributed by atoms with van der Waals surface area (Å²) in [6.07, 6.45) is 1.38. The summed E-state index contributed by atoms with van der Waals surface area (Å²) in [6, 6.07) is 10.1. The minimum atomic E-state index is -0.465. The van der Waals surface area contributed by atoms with Crippen LogP contribution in [0, 0.1) is 0 Å². The van der Waals surface area contributed by atoms with E-state index in [4.69, 9.17) is 0 Å². The van der Waals surface area contributed by atoms with Crippen molar-refractivity contribution >= 4 is 0 Å². The van der Waals surface area contributed by atoms with E-state index in [-0.39, 0.29) is 5.92 Å². The lowest BCUT2D eigenvalue weighted by atomic mass is 9.99. The van der Waals surface area contributed by atoms with Crippen molar-refractivity contribution in [3.8, 4) is 0 Å². The summed E-state index contributed by atoms with van der Waals surface area (Å²) < 4.78 is 0. The van der Waals surface area contributed by atoms with Gasteiger partial charge in [-0.05, 0) is 5.56 Å². The lowest BCUT2D eigenvalue weighted by Crippen LogP contribution is -2.34. The third-order valence-corrected chi connectivity index (χ3v) is 3.69. The zero-order chi connectivity index (χ0) is 12.5. The number of hydrogen-bond acceptors (Lipinski definition) is 3. The molecule has 0 spiro atoms. The number of H-pyrrole nitrogens is 1. The van der Waals surface area contributed by atoms with E-state index < -0.39 is 6.23 Å². The molecular weight excluding hydrogens is 226 g/mol. The Kier molecular flexibility index (Phi) is 2.89. The Balaban J connectivity index is 1.73. The fraction of sp³-hybridized carbons (Fsp3) is 0.357. The molecule has 1 aromatic heterocycles. The first kappa shape index (κ1) is 11.4. The average Bonchev–Trinajstić information content (AvgIpc) is 2.99. The molecule has 2 heterocycles. The maximum absolute atomic E-state index is 10.5. The normalized spacial score (nSPS) is 18.6. The molecule has 0 bridgehead atoms. The number of aromatic amines is 1. The van der Waals surface area contributed by atoms with Gasteiger partial charge in [0.2, 0.25) is 0 Å². The largest absolute Gasteiger partial charge is 0.378 e. The first-order valence-corrected chi connectivity index (χ1v) is 6.24. The van der Waals surface area contributed by atoms with Crippen LogP contribution in [-0.4, -0.2) is 26.4 Å². The Labute approximate surface area is 106 Å². The van der Waals surface area contributed by atoms with Crippen LogP contribution >= 0.6 is 0 Å². The van der Waals surface area contributed by atoms with Crippen molar-refractivity contribution in [2.75, 3.05) is 0 Å². The predicted molar refractivity (Wildman–Crippen MR) is 68.7 cm³/mol. The molecule has 2 aromatic rings. The van der Waals surface area contributed by atoms with Crippen LogP contribution < -0.4 is 0 Å². The second kappa shape index (κ2) is 4.55. The zero-order valence-electron chi connectivity index (χ0n) is 10.4. The van der Waals surface area contributed by atoms with Crippen LogP contribution in [0.1, 0.15) is 29.7 Å². The van der Waals surface area contributed by atoms with Crippen LogP contribution in [0.15, 0.2) is 36.5 Å². The highest BCUT2D eigenvalue weighted by molar-refractivity contribution is 5.23. The maximum Gasteiger partial charge on any atom is 0.114 e. The molecule has 94 valence electrons. The standard InChI is InChI=1S/C14H17N3O/c1-10(11-5-3-2-4-6-11)14(18)17-8-12-7-15-16-13(12)9-17/h2-7,10,14,18H,8-9H2,1H3,(H,15,16)/t10-,14-/m1/s1. The summed E-state index contributed by atoms with van der Waals surface area (Å²) in [5.74, 6) is 0.100. The van der Waals surface area contributed by atoms with Crippen LogP contribution in [0.2, 0.25) is 0 Å². The van der Waals surface area contributed by atoms with E-state index in [2.05, 4.69) is 34.2 Å². The summed E-state index contributed by atoms with van der Waals surface area (Å²) >= 11 is 0. The molecular formula is C14H17N3O. The molecule has 18 heavy (non-hydrogen) atoms. The van der Waals surface area contributed by atoms with Crippen molar-refractivity contribution in [2.24, 2.45) is 0 Å². The van der Waals surface area contributed by atoms with Gasteiger partial charge in [-0.15, -0.1) is 0 Å². The molecule has 0 fully saturated rings. The van der Waals surface area contributed by atoms with Crippen LogP contribution in [0.25, 0.3) is 0 Å². The van der Waals surface area contributed by atoms with Gasteiger partial charge in [-0.25, -0.2) is 0 Å². The number of aliphatic hydroxyl groups is 1. The first-order chi connectivity index (χ1) is 8.75. The molecule has 2 atom stereocenters. The second-order valence-electron chi connectivity index (χ2n) is 4.89. The first-order valence-electron chi connectivity index (χ1n) is 6.24. The Morgan fingerprint density at radius 1 is 1.28 bits per heavy atom. The second-order valence-corrected chi connectivity index (χ2v) is 4.89. The summed E-state index contributed by atoms with van der Waals surface area (Å²) in [5.41, 5.74) is 3.47. The number of aromatic nitrogens is 2. The molecule has 0 unspecified atom stereocenters. The van der Waals surface area contributed by atoms with E-state index in [1.165, 1.54) is 11.1 Å². The molecule has 0 amide bonds. The van der Waals surface area contributed by atoms with Gasteiger partial charge in [-0.1, -0.05) is 37.3 Å². The number of nitrogens with one attached hydrogen (secondary N) is 1. The molecule has 1 aliphatic heterocycles. The Morgan fingerprint density at radius 2 is 2.06 bits per heavy atom. The van der Waals surface area contributed by atoms with Gasteiger partial charge in [0.05, 0.1) is 11.9 Å². The maximum atomic E-state index is 10.5. The highest BCUT2D eigenvalue weighted by Crippen LogP contribution is 2.28. The lowest BCUT2D eigenvalue weighted by Gasteiger charge is -2.28. The third-order valence-electron chi connectivity index (χ3n) is 3.69. The van der Waals surface area contributed by atoms with Gasteiger partial charge in [0, 0.05) is 24.6 Å². The fourth-order valence-corrected chi connectivity index (χ4v) is 2.52. The quantitative estimate of drug-likeness (QED) is 0.865. The summed E-state index contributed by atoms with van der Waals surface area (Å²) in [7, 11) is 0. The molecule has 1 aromatic carbocycles. The predicted octanol–water partition coefficient (Wildman–Crippen LogP) is 1.85. The van der Waals surface area contributed by atoms with Crippen molar-refractivity contribution in [2.45, 2.75) is 32.2 Å². The SMILES string of the molecule is C[C@H](c1ccccc1)[C@@H](O)N1Cc2cn[nH]c2C1. The molecule has 4 nitrogen and oxygen atoms in total. The Hall–Kier alpha value is -1.65. The van der Waals surface area contributed by atoms with Crippen molar-refractivity contribution in [3.05, 3.63) is 53.3 Å². The van der Waals surface area contributed by atoms with Crippen LogP contribution in [0.5, 0.6) is 0 Å².